The summed E-state index contributed by atoms with van der Waals surface area (Å²) in [6, 6.07) is 0.733. The lowest BCUT2D eigenvalue weighted by Gasteiger charge is -2.40. The van der Waals surface area contributed by atoms with Crippen LogP contribution in [-0.2, 0) is 4.74 Å². The van der Waals surface area contributed by atoms with Crippen LogP contribution in [0.1, 0.15) is 39.0 Å². The van der Waals surface area contributed by atoms with E-state index in [1.165, 1.54) is 32.2 Å². The third-order valence-electron chi connectivity index (χ3n) is 6.00. The fraction of sp³-hybridized carbons (Fsp3) is 0.667. The fourth-order valence-corrected chi connectivity index (χ4v) is 4.84. The molecule has 2 fully saturated rings. The van der Waals surface area contributed by atoms with Crippen LogP contribution < -0.4 is 5.32 Å². The lowest BCUT2D eigenvalue weighted by atomic mass is 9.66. The van der Waals surface area contributed by atoms with Gasteiger partial charge in [-0.1, -0.05) is 30.7 Å². The van der Waals surface area contributed by atoms with Crippen molar-refractivity contribution in [3.63, 3.8) is 0 Å². The molecule has 0 spiro atoms. The molecule has 0 amide bonds. The predicted molar refractivity (Wildman–Crippen MR) is 81.5 cm³/mol. The number of hydrogen-bond donors (Lipinski definition) is 1. The van der Waals surface area contributed by atoms with Crippen molar-refractivity contribution in [3.05, 3.63) is 34.9 Å². The van der Waals surface area contributed by atoms with E-state index in [4.69, 9.17) is 4.74 Å². The summed E-state index contributed by atoms with van der Waals surface area (Å²) in [5.41, 5.74) is 5.21. The summed E-state index contributed by atoms with van der Waals surface area (Å²) < 4.78 is 5.46. The molecule has 0 bridgehead atoms. The summed E-state index contributed by atoms with van der Waals surface area (Å²) in [6.07, 6.45) is 13.5. The van der Waals surface area contributed by atoms with Gasteiger partial charge in [0.15, 0.2) is 0 Å². The first-order valence-electron chi connectivity index (χ1n) is 8.18. The Morgan fingerprint density at radius 2 is 2.25 bits per heavy atom. The Bertz CT molecular complexity index is 502. The van der Waals surface area contributed by atoms with Crippen molar-refractivity contribution in [2.75, 3.05) is 19.8 Å². The molecule has 1 unspecified atom stereocenters. The maximum atomic E-state index is 5.46. The maximum absolute atomic E-state index is 5.46. The van der Waals surface area contributed by atoms with Crippen LogP contribution in [0.3, 0.4) is 0 Å². The molecule has 0 aromatic rings. The van der Waals surface area contributed by atoms with E-state index in [-0.39, 0.29) is 0 Å². The van der Waals surface area contributed by atoms with Gasteiger partial charge in [0.1, 0.15) is 0 Å². The number of ether oxygens (including phenoxy) is 1. The van der Waals surface area contributed by atoms with Crippen LogP contribution in [0.4, 0.5) is 0 Å². The van der Waals surface area contributed by atoms with Gasteiger partial charge in [0.25, 0.3) is 0 Å². The van der Waals surface area contributed by atoms with Gasteiger partial charge in [0.05, 0.1) is 13.2 Å². The molecule has 2 heterocycles. The predicted octanol–water partition coefficient (Wildman–Crippen LogP) is 3.37. The summed E-state index contributed by atoms with van der Waals surface area (Å²) in [6.45, 7) is 5.42. The highest BCUT2D eigenvalue weighted by Crippen LogP contribution is 2.56. The molecule has 20 heavy (non-hydrogen) atoms. The highest BCUT2D eigenvalue weighted by atomic mass is 16.5. The number of piperidine rings is 1. The molecular formula is C18H25NO. The van der Waals surface area contributed by atoms with E-state index in [0.717, 1.165) is 31.6 Å². The summed E-state index contributed by atoms with van der Waals surface area (Å²) in [4.78, 5) is 0. The summed E-state index contributed by atoms with van der Waals surface area (Å²) >= 11 is 0. The Balaban J connectivity index is 1.63. The molecule has 4 aliphatic rings. The molecule has 0 aromatic heterocycles. The van der Waals surface area contributed by atoms with Gasteiger partial charge in [-0.3, -0.25) is 0 Å². The molecule has 3 atom stereocenters. The van der Waals surface area contributed by atoms with Gasteiger partial charge in [-0.25, -0.2) is 0 Å². The Morgan fingerprint density at radius 1 is 1.30 bits per heavy atom. The first kappa shape index (κ1) is 12.8. The van der Waals surface area contributed by atoms with Gasteiger partial charge < -0.3 is 10.1 Å². The van der Waals surface area contributed by atoms with Crippen molar-refractivity contribution >= 4 is 0 Å². The van der Waals surface area contributed by atoms with Crippen molar-refractivity contribution in [2.24, 2.45) is 11.3 Å². The minimum atomic E-state index is 0.404. The SMILES string of the molecule is CC12CC(C3=CCOCC3)=CC=C1C[C@@H]1NCCC[C@@H]12. The topological polar surface area (TPSA) is 21.3 Å². The molecule has 0 radical (unpaired) electrons. The maximum Gasteiger partial charge on any atom is 0.0653 e. The molecule has 108 valence electrons. The molecule has 4 rings (SSSR count). The van der Waals surface area contributed by atoms with Gasteiger partial charge >= 0.3 is 0 Å². The zero-order valence-electron chi connectivity index (χ0n) is 12.5. The zero-order chi connectivity index (χ0) is 13.6. The number of hydrogen-bond acceptors (Lipinski definition) is 2. The summed E-state index contributed by atoms with van der Waals surface area (Å²) in [5, 5.41) is 3.76. The first-order chi connectivity index (χ1) is 9.77. The average Bonchev–Trinajstić information content (AvgIpc) is 2.80. The monoisotopic (exact) mass is 271 g/mol. The third-order valence-corrected chi connectivity index (χ3v) is 6.00. The van der Waals surface area contributed by atoms with E-state index >= 15 is 0 Å². The van der Waals surface area contributed by atoms with Gasteiger partial charge in [0.2, 0.25) is 0 Å². The number of allylic oxidation sites excluding steroid dienone is 3. The highest BCUT2D eigenvalue weighted by molar-refractivity contribution is 5.44. The summed E-state index contributed by atoms with van der Waals surface area (Å²) in [7, 11) is 0. The Labute approximate surface area is 122 Å². The van der Waals surface area contributed by atoms with Gasteiger partial charge in [-0.2, -0.15) is 0 Å². The third kappa shape index (κ3) is 1.93. The largest absolute Gasteiger partial charge is 0.377 e. The minimum Gasteiger partial charge on any atom is -0.377 e. The summed E-state index contributed by atoms with van der Waals surface area (Å²) in [5.74, 6) is 0.839. The number of rotatable bonds is 1. The first-order valence-corrected chi connectivity index (χ1v) is 8.18. The minimum absolute atomic E-state index is 0.404. The Hall–Kier alpha value is -0.860. The smallest absolute Gasteiger partial charge is 0.0653 e. The van der Waals surface area contributed by atoms with Crippen molar-refractivity contribution in [3.8, 4) is 0 Å². The molecular weight excluding hydrogens is 246 g/mol. The average molecular weight is 271 g/mol. The molecule has 2 aliphatic heterocycles. The zero-order valence-corrected chi connectivity index (χ0v) is 12.5. The van der Waals surface area contributed by atoms with Crippen molar-refractivity contribution < 1.29 is 4.74 Å². The molecule has 2 heteroatoms. The van der Waals surface area contributed by atoms with E-state index in [1.54, 1.807) is 16.7 Å². The molecule has 0 aromatic carbocycles. The Kier molecular flexibility index (Phi) is 3.12. The van der Waals surface area contributed by atoms with Crippen molar-refractivity contribution in [2.45, 2.75) is 45.1 Å². The Morgan fingerprint density at radius 3 is 3.10 bits per heavy atom. The number of nitrogens with one attached hydrogen (secondary N) is 1. The molecule has 2 nitrogen and oxygen atoms in total. The van der Waals surface area contributed by atoms with Crippen LogP contribution in [0.5, 0.6) is 0 Å². The van der Waals surface area contributed by atoms with E-state index in [2.05, 4.69) is 30.5 Å². The molecule has 2 aliphatic carbocycles. The van der Waals surface area contributed by atoms with Crippen LogP contribution in [0.25, 0.3) is 0 Å². The van der Waals surface area contributed by atoms with E-state index in [0.29, 0.717) is 5.41 Å². The van der Waals surface area contributed by atoms with Crippen LogP contribution in [0.15, 0.2) is 34.9 Å². The van der Waals surface area contributed by atoms with Crippen molar-refractivity contribution in [1.82, 2.24) is 5.32 Å². The molecule has 1 N–H and O–H groups in total. The van der Waals surface area contributed by atoms with Crippen LogP contribution in [-0.4, -0.2) is 25.8 Å². The second-order valence-corrected chi connectivity index (χ2v) is 7.05. The van der Waals surface area contributed by atoms with Gasteiger partial charge in [-0.05, 0) is 61.1 Å². The molecule has 1 saturated carbocycles. The van der Waals surface area contributed by atoms with Crippen LogP contribution >= 0.6 is 0 Å². The van der Waals surface area contributed by atoms with E-state index in [1.807, 2.05) is 0 Å². The lowest BCUT2D eigenvalue weighted by Crippen LogP contribution is -2.42. The van der Waals surface area contributed by atoms with Crippen LogP contribution in [0, 0.1) is 11.3 Å². The normalized spacial score (nSPS) is 40.4. The second-order valence-electron chi connectivity index (χ2n) is 7.05. The fourth-order valence-electron chi connectivity index (χ4n) is 4.84. The van der Waals surface area contributed by atoms with E-state index in [9.17, 15) is 0 Å². The standard InChI is InChI=1S/C18H25NO/c1-18-12-14(13-6-9-20-10-7-13)4-5-15(18)11-17-16(18)3-2-8-19-17/h4-6,16-17,19H,2-3,7-12H2,1H3/t16-,17-,18?/m0/s1. The van der Waals surface area contributed by atoms with Crippen LogP contribution in [0.2, 0.25) is 0 Å². The quantitative estimate of drug-likeness (QED) is 0.789. The van der Waals surface area contributed by atoms with Gasteiger partial charge in [-0.15, -0.1) is 0 Å². The lowest BCUT2D eigenvalue weighted by molar-refractivity contribution is 0.153. The number of fused-ring (bicyclic) bond motifs is 3. The molecule has 1 saturated heterocycles. The van der Waals surface area contributed by atoms with Gasteiger partial charge in [0, 0.05) is 6.04 Å². The van der Waals surface area contributed by atoms with E-state index < -0.39 is 0 Å². The van der Waals surface area contributed by atoms with Crippen molar-refractivity contribution in [1.29, 1.82) is 0 Å². The second kappa shape index (κ2) is 4.85. The highest BCUT2D eigenvalue weighted by Gasteiger charge is 2.50.